The lowest BCUT2D eigenvalue weighted by atomic mass is 9.87. The minimum absolute atomic E-state index is 0.0128. The molecule has 0 aromatic rings. The molecule has 23 heavy (non-hydrogen) atoms. The normalized spacial score (nSPS) is 12.1. The third-order valence-corrected chi connectivity index (χ3v) is 5.70. The first-order chi connectivity index (χ1) is 10.9. The zero-order valence-electron chi connectivity index (χ0n) is 12.4. The van der Waals surface area contributed by atoms with Crippen LogP contribution in [0.3, 0.4) is 0 Å². The van der Waals surface area contributed by atoms with Crippen molar-refractivity contribution < 1.29 is 23.8 Å². The first-order valence-electron chi connectivity index (χ1n) is 6.57. The molecule has 5 nitrogen and oxygen atoms in total. The number of carbonyl (C=O) groups excluding carboxylic acids is 2. The quantitative estimate of drug-likeness (QED) is 0.157. The molecule has 0 radical (unpaired) electrons. The monoisotopic (exact) mass is 438 g/mol. The van der Waals surface area contributed by atoms with Crippen molar-refractivity contribution in [2.75, 3.05) is 47.7 Å². The Kier molecular flexibility index (Phi) is 12.9. The van der Waals surface area contributed by atoms with Crippen LogP contribution in [0.4, 0.5) is 0 Å². The van der Waals surface area contributed by atoms with E-state index in [4.69, 9.17) is 14.2 Å². The molecule has 0 saturated heterocycles. The third-order valence-electron chi connectivity index (χ3n) is 3.14. The van der Waals surface area contributed by atoms with Gasteiger partial charge in [-0.15, -0.1) is 0 Å². The van der Waals surface area contributed by atoms with Crippen molar-refractivity contribution >= 4 is 87.7 Å². The fraction of sp³-hybridized carbons (Fsp3) is 0.833. The number of hydrogen-bond donors (Lipinski definition) is 6. The number of ether oxygens (including phenoxy) is 3. The average Bonchev–Trinajstić information content (AvgIpc) is 2.60. The molecule has 0 aromatic heterocycles. The van der Waals surface area contributed by atoms with Crippen LogP contribution in [0, 0.1) is 0 Å². The van der Waals surface area contributed by atoms with Crippen molar-refractivity contribution in [3.05, 3.63) is 0 Å². The summed E-state index contributed by atoms with van der Waals surface area (Å²) in [6.07, 6.45) is 0. The van der Waals surface area contributed by atoms with Crippen molar-refractivity contribution in [3.63, 3.8) is 0 Å². The molecular formula is C12H22O5S6. The van der Waals surface area contributed by atoms with Gasteiger partial charge in [-0.25, -0.2) is 0 Å². The van der Waals surface area contributed by atoms with Crippen LogP contribution in [-0.2, 0) is 23.8 Å². The summed E-state index contributed by atoms with van der Waals surface area (Å²) < 4.78 is 16.3. The van der Waals surface area contributed by atoms with E-state index < -0.39 is 23.1 Å². The molecule has 0 bridgehead atoms. The van der Waals surface area contributed by atoms with Gasteiger partial charge < -0.3 is 14.2 Å². The van der Waals surface area contributed by atoms with Gasteiger partial charge in [-0.2, -0.15) is 75.8 Å². The topological polar surface area (TPSA) is 61.8 Å². The van der Waals surface area contributed by atoms with E-state index in [1.54, 1.807) is 0 Å². The molecule has 0 N–H and O–H groups in total. The minimum atomic E-state index is -1.14. The van der Waals surface area contributed by atoms with E-state index in [1.165, 1.54) is 0 Å². The Morgan fingerprint density at radius 2 is 1.17 bits per heavy atom. The van der Waals surface area contributed by atoms with Crippen LogP contribution >= 0.6 is 75.8 Å². The summed E-state index contributed by atoms with van der Waals surface area (Å²) >= 11 is 25.0. The van der Waals surface area contributed by atoms with E-state index in [9.17, 15) is 9.59 Å². The maximum absolute atomic E-state index is 11.7. The largest absolute Gasteiger partial charge is 0.463 e. The molecule has 0 aliphatic carbocycles. The smallest absolute Gasteiger partial charge is 0.316 e. The lowest BCUT2D eigenvalue weighted by Gasteiger charge is -2.46. The van der Waals surface area contributed by atoms with Crippen LogP contribution in [0.15, 0.2) is 0 Å². The van der Waals surface area contributed by atoms with E-state index in [0.29, 0.717) is 0 Å². The Morgan fingerprint density at radius 3 is 1.57 bits per heavy atom. The Balaban J connectivity index is 5.17. The fourth-order valence-electron chi connectivity index (χ4n) is 1.75. The summed E-state index contributed by atoms with van der Waals surface area (Å²) in [7, 11) is 0. The minimum Gasteiger partial charge on any atom is -0.463 e. The molecule has 0 saturated carbocycles. The number of thiol groups is 6. The Bertz CT molecular complexity index is 373. The van der Waals surface area contributed by atoms with Crippen LogP contribution in [0.2, 0.25) is 0 Å². The SMILES string of the molecule is O=C(CS)OCCOC(CS)(CS)C(CS)(CS)OC(=O)CS. The second-order valence-corrected chi connectivity index (χ2v) is 6.38. The highest BCUT2D eigenvalue weighted by Crippen LogP contribution is 2.35. The number of carbonyl (C=O) groups is 2. The van der Waals surface area contributed by atoms with Crippen molar-refractivity contribution in [1.29, 1.82) is 0 Å². The van der Waals surface area contributed by atoms with Crippen LogP contribution in [-0.4, -0.2) is 70.9 Å². The summed E-state index contributed by atoms with van der Waals surface area (Å²) in [5.41, 5.74) is -2.19. The highest BCUT2D eigenvalue weighted by molar-refractivity contribution is 7.82. The van der Waals surface area contributed by atoms with Gasteiger partial charge in [0.25, 0.3) is 0 Å². The molecule has 0 aliphatic heterocycles. The summed E-state index contributed by atoms with van der Waals surface area (Å²) in [5.74, 6) is -0.333. The summed E-state index contributed by atoms with van der Waals surface area (Å²) in [5, 5.41) is 0. The van der Waals surface area contributed by atoms with E-state index in [-0.39, 0.29) is 47.7 Å². The summed E-state index contributed by atoms with van der Waals surface area (Å²) in [6, 6.07) is 0. The highest BCUT2D eigenvalue weighted by Gasteiger charge is 2.52. The number of rotatable bonds is 12. The van der Waals surface area contributed by atoms with Crippen molar-refractivity contribution in [1.82, 2.24) is 0 Å². The molecule has 0 atom stereocenters. The lowest BCUT2D eigenvalue weighted by molar-refractivity contribution is -0.186. The number of hydrogen-bond acceptors (Lipinski definition) is 11. The van der Waals surface area contributed by atoms with Crippen LogP contribution in [0.1, 0.15) is 0 Å². The van der Waals surface area contributed by atoms with Gasteiger partial charge in [0.1, 0.15) is 12.2 Å². The molecule has 0 amide bonds. The predicted octanol–water partition coefficient (Wildman–Crippen LogP) is 1.15. The van der Waals surface area contributed by atoms with Gasteiger partial charge in [-0.1, -0.05) is 0 Å². The van der Waals surface area contributed by atoms with Gasteiger partial charge in [0.05, 0.1) is 18.1 Å². The van der Waals surface area contributed by atoms with Gasteiger partial charge >= 0.3 is 11.9 Å². The summed E-state index contributed by atoms with van der Waals surface area (Å²) in [4.78, 5) is 22.8. The van der Waals surface area contributed by atoms with Crippen LogP contribution < -0.4 is 0 Å². The van der Waals surface area contributed by atoms with Gasteiger partial charge in [0.2, 0.25) is 0 Å². The predicted molar refractivity (Wildman–Crippen MR) is 112 cm³/mol. The zero-order chi connectivity index (χ0) is 17.9. The van der Waals surface area contributed by atoms with Gasteiger partial charge in [0, 0.05) is 23.0 Å². The van der Waals surface area contributed by atoms with E-state index in [0.717, 1.165) is 0 Å². The standard InChI is InChI=1S/C12H22O5S6/c13-9(3-18)15-1-2-16-11(5-20,6-21)12(7-22,8-23)17-10(14)4-19/h18-23H,1-8H2. The van der Waals surface area contributed by atoms with Crippen molar-refractivity contribution in [2.24, 2.45) is 0 Å². The molecule has 11 heteroatoms. The third kappa shape index (κ3) is 6.67. The van der Waals surface area contributed by atoms with E-state index in [2.05, 4.69) is 75.8 Å². The Morgan fingerprint density at radius 1 is 0.696 bits per heavy atom. The first kappa shape index (κ1) is 24.0. The van der Waals surface area contributed by atoms with Crippen LogP contribution in [0.25, 0.3) is 0 Å². The molecule has 0 spiro atoms. The second-order valence-electron chi connectivity index (χ2n) is 4.48. The average molecular weight is 439 g/mol. The van der Waals surface area contributed by atoms with Crippen LogP contribution in [0.5, 0.6) is 0 Å². The maximum atomic E-state index is 11.7. The Labute approximate surface area is 169 Å². The maximum Gasteiger partial charge on any atom is 0.316 e. The lowest BCUT2D eigenvalue weighted by Crippen LogP contribution is -2.64. The zero-order valence-corrected chi connectivity index (χ0v) is 17.7. The Hall–Kier alpha value is 1.000. The molecule has 0 unspecified atom stereocenters. The van der Waals surface area contributed by atoms with Gasteiger partial charge in [-0.05, 0) is 0 Å². The molecule has 0 rings (SSSR count). The van der Waals surface area contributed by atoms with Gasteiger partial charge in [0.15, 0.2) is 5.60 Å². The highest BCUT2D eigenvalue weighted by atomic mass is 32.1. The second kappa shape index (κ2) is 12.4. The molecule has 0 fully saturated rings. The molecule has 0 aliphatic rings. The molecule has 0 aromatic carbocycles. The molecule has 136 valence electrons. The molecular weight excluding hydrogens is 417 g/mol. The molecule has 0 heterocycles. The summed E-state index contributed by atoms with van der Waals surface area (Å²) in [6.45, 7) is 0.126. The fourth-order valence-corrected chi connectivity index (χ4v) is 4.17. The van der Waals surface area contributed by atoms with Crippen molar-refractivity contribution in [3.8, 4) is 0 Å². The van der Waals surface area contributed by atoms with Crippen molar-refractivity contribution in [2.45, 2.75) is 11.2 Å². The van der Waals surface area contributed by atoms with E-state index >= 15 is 0 Å². The van der Waals surface area contributed by atoms with Gasteiger partial charge in [-0.3, -0.25) is 9.59 Å². The number of esters is 2. The first-order valence-corrected chi connectivity index (χ1v) is 10.4. The van der Waals surface area contributed by atoms with E-state index in [1.807, 2.05) is 0 Å².